The molecule has 0 bridgehead atoms. The average molecular weight is 469 g/mol. The SMILES string of the molecule is CC(=O)N1CCN(c2cc(F)cc(OCc3ccc(N(C)C(=O)N4CCCC4C)cc3)c2)CC1. The van der Waals surface area contributed by atoms with Crippen LogP contribution in [0.25, 0.3) is 0 Å². The van der Waals surface area contributed by atoms with E-state index in [4.69, 9.17) is 4.74 Å². The molecule has 8 heteroatoms. The second-order valence-electron chi connectivity index (χ2n) is 9.12. The number of likely N-dealkylation sites (tertiary alicyclic amines) is 1. The van der Waals surface area contributed by atoms with Crippen LogP contribution in [-0.4, -0.2) is 67.6 Å². The molecule has 2 aromatic rings. The highest BCUT2D eigenvalue weighted by atomic mass is 19.1. The van der Waals surface area contributed by atoms with E-state index in [0.29, 0.717) is 38.5 Å². The van der Waals surface area contributed by atoms with Gasteiger partial charge in [-0.3, -0.25) is 9.69 Å². The van der Waals surface area contributed by atoms with Gasteiger partial charge in [-0.15, -0.1) is 0 Å². The van der Waals surface area contributed by atoms with Crippen LogP contribution in [0.2, 0.25) is 0 Å². The summed E-state index contributed by atoms with van der Waals surface area (Å²) in [5.41, 5.74) is 2.51. The molecule has 0 saturated carbocycles. The summed E-state index contributed by atoms with van der Waals surface area (Å²) in [5.74, 6) is 0.173. The third-order valence-electron chi connectivity index (χ3n) is 6.76. The number of halogens is 1. The zero-order valence-electron chi connectivity index (χ0n) is 20.2. The molecule has 0 aliphatic carbocycles. The summed E-state index contributed by atoms with van der Waals surface area (Å²) in [6, 6.07) is 12.7. The standard InChI is InChI=1S/C26H33FN4O3/c1-19-5-4-10-31(19)26(33)28(3)23-8-6-21(7-9-23)18-34-25-16-22(27)15-24(17-25)30-13-11-29(12-14-30)20(2)32/h6-9,15-17,19H,4-5,10-14,18H2,1-3H3. The molecule has 0 N–H and O–H groups in total. The summed E-state index contributed by atoms with van der Waals surface area (Å²) in [7, 11) is 1.80. The molecule has 1 atom stereocenters. The molecule has 0 aromatic heterocycles. The Morgan fingerprint density at radius 1 is 1.06 bits per heavy atom. The summed E-state index contributed by atoms with van der Waals surface area (Å²) >= 11 is 0. The quantitative estimate of drug-likeness (QED) is 0.663. The van der Waals surface area contributed by atoms with E-state index in [-0.39, 0.29) is 23.8 Å². The molecule has 2 heterocycles. The van der Waals surface area contributed by atoms with Gasteiger partial charge in [0.15, 0.2) is 0 Å². The molecular formula is C26H33FN4O3. The summed E-state index contributed by atoms with van der Waals surface area (Å²) in [5, 5.41) is 0. The van der Waals surface area contributed by atoms with Crippen LogP contribution in [0.1, 0.15) is 32.3 Å². The first-order chi connectivity index (χ1) is 16.3. The van der Waals surface area contributed by atoms with Crippen LogP contribution in [0, 0.1) is 5.82 Å². The number of nitrogens with zero attached hydrogens (tertiary/aromatic N) is 4. The van der Waals surface area contributed by atoms with E-state index >= 15 is 0 Å². The van der Waals surface area contributed by atoms with E-state index in [2.05, 4.69) is 11.8 Å². The van der Waals surface area contributed by atoms with Crippen molar-refractivity contribution < 1.29 is 18.7 Å². The van der Waals surface area contributed by atoms with Crippen LogP contribution >= 0.6 is 0 Å². The van der Waals surface area contributed by atoms with Crippen LogP contribution in [0.5, 0.6) is 5.75 Å². The number of urea groups is 1. The first kappa shape index (κ1) is 23.9. The van der Waals surface area contributed by atoms with Gasteiger partial charge < -0.3 is 19.4 Å². The van der Waals surface area contributed by atoms with Gasteiger partial charge in [-0.05, 0) is 43.5 Å². The Morgan fingerprint density at radius 3 is 2.38 bits per heavy atom. The largest absolute Gasteiger partial charge is 0.489 e. The number of hydrogen-bond donors (Lipinski definition) is 0. The molecule has 182 valence electrons. The molecule has 7 nitrogen and oxygen atoms in total. The Bertz CT molecular complexity index is 1020. The van der Waals surface area contributed by atoms with Gasteiger partial charge in [-0.25, -0.2) is 9.18 Å². The molecule has 2 aliphatic rings. The van der Waals surface area contributed by atoms with Gasteiger partial charge in [-0.2, -0.15) is 0 Å². The molecule has 1 unspecified atom stereocenters. The molecule has 2 saturated heterocycles. The van der Waals surface area contributed by atoms with Crippen molar-refractivity contribution in [1.29, 1.82) is 0 Å². The number of carbonyl (C=O) groups is 2. The molecule has 2 aromatic carbocycles. The Balaban J connectivity index is 1.35. The number of rotatable bonds is 5. The fourth-order valence-electron chi connectivity index (χ4n) is 4.60. The smallest absolute Gasteiger partial charge is 0.324 e. The molecule has 3 amide bonds. The fourth-order valence-corrected chi connectivity index (χ4v) is 4.60. The third kappa shape index (κ3) is 5.43. The third-order valence-corrected chi connectivity index (χ3v) is 6.76. The number of carbonyl (C=O) groups excluding carboxylic acids is 2. The topological polar surface area (TPSA) is 56.3 Å². The number of anilines is 2. The van der Waals surface area contributed by atoms with Crippen LogP contribution < -0.4 is 14.5 Å². The number of amides is 3. The number of piperazine rings is 1. The highest BCUT2D eigenvalue weighted by molar-refractivity contribution is 5.91. The van der Waals surface area contributed by atoms with Crippen molar-refractivity contribution in [2.24, 2.45) is 0 Å². The predicted octanol–water partition coefficient (Wildman–Crippen LogP) is 4.11. The maximum Gasteiger partial charge on any atom is 0.324 e. The van der Waals surface area contributed by atoms with Crippen LogP contribution in [0.4, 0.5) is 20.6 Å². The minimum atomic E-state index is -0.354. The van der Waals surface area contributed by atoms with Crippen molar-refractivity contribution in [2.45, 2.75) is 39.3 Å². The number of ether oxygens (including phenoxy) is 1. The maximum atomic E-state index is 14.3. The highest BCUT2D eigenvalue weighted by Crippen LogP contribution is 2.26. The minimum absolute atomic E-state index is 0.0189. The normalized spacial score (nSPS) is 18.2. The molecule has 2 aliphatic heterocycles. The summed E-state index contributed by atoms with van der Waals surface area (Å²) in [6.07, 6.45) is 2.10. The van der Waals surface area contributed by atoms with E-state index in [1.807, 2.05) is 35.2 Å². The highest BCUT2D eigenvalue weighted by Gasteiger charge is 2.28. The van der Waals surface area contributed by atoms with E-state index in [0.717, 1.165) is 36.3 Å². The zero-order valence-corrected chi connectivity index (χ0v) is 20.2. The average Bonchev–Trinajstić information content (AvgIpc) is 3.27. The Kier molecular flexibility index (Phi) is 7.24. The Hall–Kier alpha value is -3.29. The number of benzene rings is 2. The predicted molar refractivity (Wildman–Crippen MR) is 131 cm³/mol. The molecule has 0 radical (unpaired) electrons. The lowest BCUT2D eigenvalue weighted by molar-refractivity contribution is -0.129. The van der Waals surface area contributed by atoms with Crippen LogP contribution in [0.3, 0.4) is 0 Å². The van der Waals surface area contributed by atoms with Gasteiger partial charge in [0.2, 0.25) is 5.91 Å². The van der Waals surface area contributed by atoms with Crippen molar-refractivity contribution in [3.63, 3.8) is 0 Å². The summed E-state index contributed by atoms with van der Waals surface area (Å²) in [6.45, 7) is 7.33. The molecular weight excluding hydrogens is 435 g/mol. The van der Waals surface area contributed by atoms with Crippen molar-refractivity contribution >= 4 is 23.3 Å². The van der Waals surface area contributed by atoms with Crippen molar-refractivity contribution in [3.8, 4) is 5.75 Å². The van der Waals surface area contributed by atoms with Gasteiger partial charge >= 0.3 is 6.03 Å². The van der Waals surface area contributed by atoms with E-state index in [9.17, 15) is 14.0 Å². The first-order valence-electron chi connectivity index (χ1n) is 11.9. The van der Waals surface area contributed by atoms with Crippen molar-refractivity contribution in [1.82, 2.24) is 9.80 Å². The number of hydrogen-bond acceptors (Lipinski definition) is 4. The van der Waals surface area contributed by atoms with Gasteiger partial charge in [0.05, 0.1) is 0 Å². The van der Waals surface area contributed by atoms with E-state index in [1.54, 1.807) is 23.8 Å². The Labute approximate surface area is 200 Å². The monoisotopic (exact) mass is 468 g/mol. The van der Waals surface area contributed by atoms with Gasteiger partial charge in [0.25, 0.3) is 0 Å². The lowest BCUT2D eigenvalue weighted by Gasteiger charge is -2.35. The second-order valence-corrected chi connectivity index (χ2v) is 9.12. The van der Waals surface area contributed by atoms with Crippen molar-refractivity contribution in [3.05, 3.63) is 53.8 Å². The molecule has 4 rings (SSSR count). The van der Waals surface area contributed by atoms with Gasteiger partial charge in [0, 0.05) is 76.2 Å². The zero-order chi connectivity index (χ0) is 24.2. The van der Waals surface area contributed by atoms with E-state index in [1.165, 1.54) is 12.1 Å². The summed E-state index contributed by atoms with van der Waals surface area (Å²) in [4.78, 5) is 31.8. The lowest BCUT2D eigenvalue weighted by Crippen LogP contribution is -2.48. The Morgan fingerprint density at radius 2 is 1.76 bits per heavy atom. The van der Waals surface area contributed by atoms with Gasteiger partial charge in [-0.1, -0.05) is 12.1 Å². The lowest BCUT2D eigenvalue weighted by atomic mass is 10.2. The van der Waals surface area contributed by atoms with Crippen LogP contribution in [0.15, 0.2) is 42.5 Å². The molecule has 2 fully saturated rings. The van der Waals surface area contributed by atoms with Crippen LogP contribution in [-0.2, 0) is 11.4 Å². The minimum Gasteiger partial charge on any atom is -0.489 e. The molecule has 34 heavy (non-hydrogen) atoms. The molecule has 0 spiro atoms. The van der Waals surface area contributed by atoms with E-state index < -0.39 is 0 Å². The summed E-state index contributed by atoms with van der Waals surface area (Å²) < 4.78 is 20.2. The van der Waals surface area contributed by atoms with Gasteiger partial charge in [0.1, 0.15) is 18.2 Å². The first-order valence-corrected chi connectivity index (χ1v) is 11.9. The second kappa shape index (κ2) is 10.3. The maximum absolute atomic E-state index is 14.3. The fraction of sp³-hybridized carbons (Fsp3) is 0.462. The van der Waals surface area contributed by atoms with Crippen molar-refractivity contribution in [2.75, 3.05) is 49.6 Å².